The number of thiophene rings is 1. The number of rotatable bonds is 7. The van der Waals surface area contributed by atoms with Gasteiger partial charge in [-0.3, -0.25) is 0 Å². The molecule has 0 unspecified atom stereocenters. The van der Waals surface area contributed by atoms with Gasteiger partial charge >= 0.3 is 0 Å². The van der Waals surface area contributed by atoms with Crippen molar-refractivity contribution >= 4 is 53.3 Å². The van der Waals surface area contributed by atoms with Crippen LogP contribution in [0.1, 0.15) is 0 Å². The van der Waals surface area contributed by atoms with Crippen LogP contribution in [0.25, 0.3) is 115 Å². The Balaban J connectivity index is 1.17. The highest BCUT2D eigenvalue weighted by molar-refractivity contribution is 7.26. The van der Waals surface area contributed by atoms with E-state index in [0.717, 1.165) is 44.6 Å². The second kappa shape index (κ2) is 14.9. The molecule has 9 aromatic carbocycles. The summed E-state index contributed by atoms with van der Waals surface area (Å²) in [5, 5.41) is 4.94. The summed E-state index contributed by atoms with van der Waals surface area (Å²) in [5.41, 5.74) is 13.1. The molecule has 0 saturated heterocycles. The molecular weight excluding hydrogens is 773 g/mol. The van der Waals surface area contributed by atoms with Crippen LogP contribution in [0.2, 0.25) is 0 Å². The van der Waals surface area contributed by atoms with Crippen LogP contribution in [0.3, 0.4) is 0 Å². The maximum absolute atomic E-state index is 5.32. The summed E-state index contributed by atoms with van der Waals surface area (Å²) in [4.78, 5) is 15.7. The highest BCUT2D eigenvalue weighted by Crippen LogP contribution is 2.48. The first-order valence-corrected chi connectivity index (χ1v) is 21.7. The van der Waals surface area contributed by atoms with Gasteiger partial charge in [0.15, 0.2) is 17.5 Å². The number of hydrogen-bond donors (Lipinski definition) is 0. The summed E-state index contributed by atoms with van der Waals surface area (Å²) >= 11 is 1.85. The van der Waals surface area contributed by atoms with Crippen molar-refractivity contribution in [3.63, 3.8) is 0 Å². The lowest BCUT2D eigenvalue weighted by Crippen LogP contribution is -2.01. The topological polar surface area (TPSA) is 43.6 Å². The van der Waals surface area contributed by atoms with E-state index in [0.29, 0.717) is 17.5 Å². The Labute approximate surface area is 362 Å². The Kier molecular flexibility index (Phi) is 8.65. The van der Waals surface area contributed by atoms with E-state index in [2.05, 4.69) is 187 Å². The van der Waals surface area contributed by atoms with Gasteiger partial charge in [-0.15, -0.1) is 11.3 Å². The third-order valence-corrected chi connectivity index (χ3v) is 13.0. The first kappa shape index (κ1) is 35.9. The minimum absolute atomic E-state index is 0.619. The van der Waals surface area contributed by atoms with Crippen molar-refractivity contribution in [2.24, 2.45) is 0 Å². The Morgan fingerprint density at radius 3 is 1.58 bits per heavy atom. The molecule has 4 nitrogen and oxygen atoms in total. The van der Waals surface area contributed by atoms with Crippen LogP contribution in [0.15, 0.2) is 218 Å². The monoisotopic (exact) mass is 808 g/mol. The highest BCUT2D eigenvalue weighted by atomic mass is 32.1. The van der Waals surface area contributed by atoms with Crippen molar-refractivity contribution in [2.45, 2.75) is 0 Å². The van der Waals surface area contributed by atoms with Crippen molar-refractivity contribution in [2.75, 3.05) is 0 Å². The van der Waals surface area contributed by atoms with Gasteiger partial charge in [-0.25, -0.2) is 15.0 Å². The van der Waals surface area contributed by atoms with E-state index in [9.17, 15) is 0 Å². The van der Waals surface area contributed by atoms with Crippen molar-refractivity contribution in [1.82, 2.24) is 19.5 Å². The lowest BCUT2D eigenvalue weighted by molar-refractivity contribution is 1.07. The van der Waals surface area contributed by atoms with Gasteiger partial charge in [0, 0.05) is 53.3 Å². The summed E-state index contributed by atoms with van der Waals surface area (Å²) in [5.74, 6) is 1.88. The Hall–Kier alpha value is -7.99. The maximum atomic E-state index is 5.32. The van der Waals surface area contributed by atoms with E-state index in [1.54, 1.807) is 0 Å². The predicted molar refractivity (Wildman–Crippen MR) is 260 cm³/mol. The minimum Gasteiger partial charge on any atom is -0.309 e. The number of fused-ring (bicyclic) bond motifs is 7. The quantitative estimate of drug-likeness (QED) is 0.161. The zero-order valence-electron chi connectivity index (χ0n) is 33.5. The maximum Gasteiger partial charge on any atom is 0.164 e. The summed E-state index contributed by atoms with van der Waals surface area (Å²) in [7, 11) is 0. The van der Waals surface area contributed by atoms with Crippen LogP contribution >= 0.6 is 11.3 Å². The SMILES string of the molecule is c1ccc(-c2cccc(-c3ccc(-c4cccc5sc6ccc7c8ccccc8n(-c8ccccc8)c7c6c45)c(-c4nc(-c5ccccc5)nc(-c5ccccc5)n4)c3)c2)cc1. The largest absolute Gasteiger partial charge is 0.309 e. The van der Waals surface area contributed by atoms with Crippen molar-refractivity contribution in [1.29, 1.82) is 0 Å². The first-order chi connectivity index (χ1) is 30.7. The molecule has 5 heteroatoms. The van der Waals surface area contributed by atoms with Gasteiger partial charge in [0.25, 0.3) is 0 Å². The molecule has 0 aliphatic heterocycles. The van der Waals surface area contributed by atoms with E-state index >= 15 is 0 Å². The molecule has 62 heavy (non-hydrogen) atoms. The molecule has 290 valence electrons. The van der Waals surface area contributed by atoms with Gasteiger partial charge in [0.2, 0.25) is 0 Å². The smallest absolute Gasteiger partial charge is 0.164 e. The molecule has 0 saturated carbocycles. The Bertz CT molecular complexity index is 3560. The molecule has 0 aliphatic rings. The van der Waals surface area contributed by atoms with Crippen LogP contribution in [0, 0.1) is 0 Å². The van der Waals surface area contributed by atoms with E-state index < -0.39 is 0 Å². The zero-order chi connectivity index (χ0) is 41.0. The fourth-order valence-electron chi connectivity index (χ4n) is 9.01. The van der Waals surface area contributed by atoms with E-state index in [1.165, 1.54) is 53.1 Å². The molecule has 0 fully saturated rings. The second-order valence-corrected chi connectivity index (χ2v) is 16.6. The van der Waals surface area contributed by atoms with E-state index in [1.807, 2.05) is 47.7 Å². The van der Waals surface area contributed by atoms with Crippen molar-refractivity contribution in [3.05, 3.63) is 218 Å². The van der Waals surface area contributed by atoms with Gasteiger partial charge in [-0.1, -0.05) is 176 Å². The summed E-state index contributed by atoms with van der Waals surface area (Å²) in [6.45, 7) is 0. The van der Waals surface area contributed by atoms with Gasteiger partial charge in [0.05, 0.1) is 11.0 Å². The fourth-order valence-corrected chi connectivity index (χ4v) is 10.1. The van der Waals surface area contributed by atoms with E-state index in [-0.39, 0.29) is 0 Å². The molecule has 0 bridgehead atoms. The number of benzene rings is 9. The molecule has 12 rings (SSSR count). The molecule has 3 aromatic heterocycles. The third kappa shape index (κ3) is 6.09. The van der Waals surface area contributed by atoms with Crippen LogP contribution in [0.5, 0.6) is 0 Å². The summed E-state index contributed by atoms with van der Waals surface area (Å²) < 4.78 is 4.92. The lowest BCUT2D eigenvalue weighted by atomic mass is 9.91. The first-order valence-electron chi connectivity index (χ1n) is 20.9. The lowest BCUT2D eigenvalue weighted by Gasteiger charge is -2.16. The van der Waals surface area contributed by atoms with Gasteiger partial charge in [0.1, 0.15) is 0 Å². The molecule has 0 atom stereocenters. The van der Waals surface area contributed by atoms with Crippen LogP contribution < -0.4 is 0 Å². The van der Waals surface area contributed by atoms with Gasteiger partial charge < -0.3 is 4.57 Å². The average molecular weight is 809 g/mol. The van der Waals surface area contributed by atoms with Crippen LogP contribution in [-0.4, -0.2) is 19.5 Å². The molecule has 3 heterocycles. The molecule has 0 aliphatic carbocycles. The average Bonchev–Trinajstić information content (AvgIpc) is 3.91. The standard InChI is InChI=1S/C57H36N4S/c1-5-17-37(18-6-1)40-23-15-24-41(35-40)42-31-32-44(48(36-42)57-59-55(38-19-7-2-8-20-38)58-56(60-57)39-21-9-3-10-22-39)46-28-16-30-50-52(46)53-51(62-50)34-33-47-45-27-13-14-29-49(45)61(54(47)53)43-25-11-4-12-26-43/h1-36H. The number of nitrogens with zero attached hydrogens (tertiary/aromatic N) is 4. The Morgan fingerprint density at radius 2 is 0.871 bits per heavy atom. The van der Waals surface area contributed by atoms with Crippen LogP contribution in [-0.2, 0) is 0 Å². The zero-order valence-corrected chi connectivity index (χ0v) is 34.3. The number of hydrogen-bond acceptors (Lipinski definition) is 4. The third-order valence-electron chi connectivity index (χ3n) is 11.9. The van der Waals surface area contributed by atoms with Gasteiger partial charge in [-0.05, 0) is 75.8 Å². The highest BCUT2D eigenvalue weighted by Gasteiger charge is 2.23. The molecule has 12 aromatic rings. The molecule has 0 amide bonds. The molecule has 0 N–H and O–H groups in total. The van der Waals surface area contributed by atoms with Crippen LogP contribution in [0.4, 0.5) is 0 Å². The minimum atomic E-state index is 0.619. The second-order valence-electron chi connectivity index (χ2n) is 15.5. The van der Waals surface area contributed by atoms with Gasteiger partial charge in [-0.2, -0.15) is 0 Å². The molecule has 0 spiro atoms. The molecular formula is C57H36N4S. The summed E-state index contributed by atoms with van der Waals surface area (Å²) in [6.07, 6.45) is 0. The van der Waals surface area contributed by atoms with Crippen molar-refractivity contribution in [3.8, 4) is 73.2 Å². The fraction of sp³-hybridized carbons (Fsp3) is 0. The summed E-state index contributed by atoms with van der Waals surface area (Å²) in [6, 6.07) is 77.4. The predicted octanol–water partition coefficient (Wildman–Crippen LogP) is 15.3. The van der Waals surface area contributed by atoms with E-state index in [4.69, 9.17) is 15.0 Å². The number of aromatic nitrogens is 4. The number of para-hydroxylation sites is 2. The normalized spacial score (nSPS) is 11.5. The Morgan fingerprint density at radius 1 is 0.323 bits per heavy atom. The molecule has 0 radical (unpaired) electrons. The van der Waals surface area contributed by atoms with Crippen molar-refractivity contribution < 1.29 is 0 Å².